The largest absolute Gasteiger partial charge is 0.496 e. The van der Waals surface area contributed by atoms with Gasteiger partial charge in [-0.05, 0) is 47.9 Å². The molecule has 0 aliphatic heterocycles. The fourth-order valence-electron chi connectivity index (χ4n) is 2.26. The van der Waals surface area contributed by atoms with Crippen LogP contribution in [-0.2, 0) is 6.54 Å². The SMILES string of the molecule is CCNCc1ccccc1-c1ccc(OC)c(C)c1. The number of methoxy groups -OCH3 is 1. The number of hydrogen-bond acceptors (Lipinski definition) is 2. The first-order valence-electron chi connectivity index (χ1n) is 6.70. The lowest BCUT2D eigenvalue weighted by molar-refractivity contribution is 0.412. The third-order valence-corrected chi connectivity index (χ3v) is 3.29. The summed E-state index contributed by atoms with van der Waals surface area (Å²) in [7, 11) is 1.71. The van der Waals surface area contributed by atoms with Crippen LogP contribution in [0.3, 0.4) is 0 Å². The van der Waals surface area contributed by atoms with E-state index in [1.807, 2.05) is 6.07 Å². The average Bonchev–Trinajstić information content (AvgIpc) is 2.45. The van der Waals surface area contributed by atoms with Crippen LogP contribution < -0.4 is 10.1 Å². The summed E-state index contributed by atoms with van der Waals surface area (Å²) in [5, 5.41) is 3.39. The van der Waals surface area contributed by atoms with E-state index in [2.05, 4.69) is 55.6 Å². The Hall–Kier alpha value is -1.80. The van der Waals surface area contributed by atoms with Gasteiger partial charge < -0.3 is 10.1 Å². The van der Waals surface area contributed by atoms with Gasteiger partial charge in [-0.2, -0.15) is 0 Å². The van der Waals surface area contributed by atoms with E-state index >= 15 is 0 Å². The highest BCUT2D eigenvalue weighted by molar-refractivity contribution is 5.69. The third kappa shape index (κ3) is 3.15. The van der Waals surface area contributed by atoms with Crippen molar-refractivity contribution in [2.24, 2.45) is 0 Å². The molecule has 19 heavy (non-hydrogen) atoms. The predicted molar refractivity (Wildman–Crippen MR) is 80.5 cm³/mol. The monoisotopic (exact) mass is 255 g/mol. The van der Waals surface area contributed by atoms with Crippen LogP contribution in [0.1, 0.15) is 18.1 Å². The van der Waals surface area contributed by atoms with Crippen LogP contribution in [0.4, 0.5) is 0 Å². The van der Waals surface area contributed by atoms with Crippen LogP contribution >= 0.6 is 0 Å². The summed E-state index contributed by atoms with van der Waals surface area (Å²) in [6.07, 6.45) is 0. The molecule has 0 spiro atoms. The van der Waals surface area contributed by atoms with Gasteiger partial charge in [0.1, 0.15) is 5.75 Å². The summed E-state index contributed by atoms with van der Waals surface area (Å²) >= 11 is 0. The Bertz CT molecular complexity index is 549. The van der Waals surface area contributed by atoms with Gasteiger partial charge in [0.05, 0.1) is 7.11 Å². The number of ether oxygens (including phenoxy) is 1. The Balaban J connectivity index is 2.38. The van der Waals surface area contributed by atoms with Gasteiger partial charge in [-0.1, -0.05) is 37.3 Å². The van der Waals surface area contributed by atoms with Crippen molar-refractivity contribution in [3.8, 4) is 16.9 Å². The van der Waals surface area contributed by atoms with Gasteiger partial charge in [-0.15, -0.1) is 0 Å². The lowest BCUT2D eigenvalue weighted by Crippen LogP contribution is -2.12. The van der Waals surface area contributed by atoms with Crippen molar-refractivity contribution in [1.82, 2.24) is 5.32 Å². The molecule has 2 nitrogen and oxygen atoms in total. The van der Waals surface area contributed by atoms with Gasteiger partial charge in [-0.25, -0.2) is 0 Å². The number of benzene rings is 2. The molecule has 0 aromatic heterocycles. The molecule has 0 heterocycles. The molecule has 2 rings (SSSR count). The maximum Gasteiger partial charge on any atom is 0.121 e. The molecule has 100 valence electrons. The highest BCUT2D eigenvalue weighted by Gasteiger charge is 2.06. The van der Waals surface area contributed by atoms with Crippen molar-refractivity contribution in [2.75, 3.05) is 13.7 Å². The van der Waals surface area contributed by atoms with E-state index in [4.69, 9.17) is 4.74 Å². The molecule has 0 aliphatic rings. The zero-order valence-electron chi connectivity index (χ0n) is 11.9. The minimum absolute atomic E-state index is 0.901. The highest BCUT2D eigenvalue weighted by atomic mass is 16.5. The quantitative estimate of drug-likeness (QED) is 0.878. The van der Waals surface area contributed by atoms with Crippen LogP contribution in [0.25, 0.3) is 11.1 Å². The van der Waals surface area contributed by atoms with E-state index in [9.17, 15) is 0 Å². The van der Waals surface area contributed by atoms with Crippen molar-refractivity contribution < 1.29 is 4.74 Å². The molecule has 0 saturated carbocycles. The Labute approximate surface area is 115 Å². The Morgan fingerprint density at radius 2 is 1.89 bits per heavy atom. The zero-order chi connectivity index (χ0) is 13.7. The topological polar surface area (TPSA) is 21.3 Å². The van der Waals surface area contributed by atoms with E-state index in [-0.39, 0.29) is 0 Å². The van der Waals surface area contributed by atoms with Crippen LogP contribution in [0.5, 0.6) is 5.75 Å². The average molecular weight is 255 g/mol. The summed E-state index contributed by atoms with van der Waals surface area (Å²) in [4.78, 5) is 0. The van der Waals surface area contributed by atoms with Gasteiger partial charge in [0.2, 0.25) is 0 Å². The Morgan fingerprint density at radius 1 is 1.11 bits per heavy atom. The second kappa shape index (κ2) is 6.39. The van der Waals surface area contributed by atoms with Gasteiger partial charge >= 0.3 is 0 Å². The maximum atomic E-state index is 5.32. The second-order valence-corrected chi connectivity index (χ2v) is 4.62. The fourth-order valence-corrected chi connectivity index (χ4v) is 2.26. The molecular weight excluding hydrogens is 234 g/mol. The molecule has 1 N–H and O–H groups in total. The molecule has 0 aliphatic carbocycles. The molecule has 0 atom stereocenters. The molecule has 0 radical (unpaired) electrons. The van der Waals surface area contributed by atoms with Crippen LogP contribution in [0, 0.1) is 6.92 Å². The summed E-state index contributed by atoms with van der Waals surface area (Å²) in [5.41, 5.74) is 5.02. The molecule has 2 aromatic rings. The van der Waals surface area contributed by atoms with Crippen molar-refractivity contribution in [1.29, 1.82) is 0 Å². The minimum Gasteiger partial charge on any atom is -0.496 e. The van der Waals surface area contributed by atoms with Crippen LogP contribution in [-0.4, -0.2) is 13.7 Å². The Morgan fingerprint density at radius 3 is 2.58 bits per heavy atom. The second-order valence-electron chi connectivity index (χ2n) is 4.62. The molecule has 0 unspecified atom stereocenters. The predicted octanol–water partition coefficient (Wildman–Crippen LogP) is 3.78. The lowest BCUT2D eigenvalue weighted by atomic mass is 9.98. The van der Waals surface area contributed by atoms with E-state index in [1.54, 1.807) is 7.11 Å². The molecule has 0 fully saturated rings. The lowest BCUT2D eigenvalue weighted by Gasteiger charge is -2.12. The highest BCUT2D eigenvalue weighted by Crippen LogP contribution is 2.28. The first-order chi connectivity index (χ1) is 9.26. The van der Waals surface area contributed by atoms with Gasteiger partial charge in [0.25, 0.3) is 0 Å². The maximum absolute atomic E-state index is 5.32. The van der Waals surface area contributed by atoms with E-state index in [0.29, 0.717) is 0 Å². The molecular formula is C17H21NO. The number of nitrogens with one attached hydrogen (secondary N) is 1. The van der Waals surface area contributed by atoms with E-state index < -0.39 is 0 Å². The van der Waals surface area contributed by atoms with Crippen LogP contribution in [0.2, 0.25) is 0 Å². The number of rotatable bonds is 5. The first kappa shape index (κ1) is 13.6. The van der Waals surface area contributed by atoms with E-state index in [0.717, 1.165) is 18.8 Å². The standard InChI is InChI=1S/C17H21NO/c1-4-18-12-15-7-5-6-8-16(15)14-9-10-17(19-3)13(2)11-14/h5-11,18H,4,12H2,1-3H3. The zero-order valence-corrected chi connectivity index (χ0v) is 11.9. The molecule has 2 heteroatoms. The summed E-state index contributed by atoms with van der Waals surface area (Å²) < 4.78 is 5.32. The number of aryl methyl sites for hydroxylation is 1. The molecule has 2 aromatic carbocycles. The first-order valence-corrected chi connectivity index (χ1v) is 6.70. The van der Waals surface area contributed by atoms with Gasteiger partial charge in [0, 0.05) is 6.54 Å². The van der Waals surface area contributed by atoms with Crippen LogP contribution in [0.15, 0.2) is 42.5 Å². The van der Waals surface area contributed by atoms with Crippen molar-refractivity contribution in [3.63, 3.8) is 0 Å². The smallest absolute Gasteiger partial charge is 0.121 e. The van der Waals surface area contributed by atoms with Crippen molar-refractivity contribution in [3.05, 3.63) is 53.6 Å². The molecule has 0 bridgehead atoms. The van der Waals surface area contributed by atoms with Gasteiger partial charge in [0.15, 0.2) is 0 Å². The minimum atomic E-state index is 0.901. The number of hydrogen-bond donors (Lipinski definition) is 1. The third-order valence-electron chi connectivity index (χ3n) is 3.29. The molecule has 0 saturated heterocycles. The summed E-state index contributed by atoms with van der Waals surface area (Å²) in [6, 6.07) is 14.9. The Kier molecular flexibility index (Phi) is 4.58. The van der Waals surface area contributed by atoms with Gasteiger partial charge in [-0.3, -0.25) is 0 Å². The van der Waals surface area contributed by atoms with E-state index in [1.165, 1.54) is 22.3 Å². The van der Waals surface area contributed by atoms with Crippen molar-refractivity contribution >= 4 is 0 Å². The van der Waals surface area contributed by atoms with Crippen molar-refractivity contribution in [2.45, 2.75) is 20.4 Å². The normalized spacial score (nSPS) is 10.5. The molecule has 0 amide bonds. The summed E-state index contributed by atoms with van der Waals surface area (Å²) in [6.45, 7) is 6.09. The summed E-state index contributed by atoms with van der Waals surface area (Å²) in [5.74, 6) is 0.938. The fraction of sp³-hybridized carbons (Fsp3) is 0.294.